The average molecular weight is 647 g/mol. The van der Waals surface area contributed by atoms with E-state index >= 15 is 0 Å². The maximum Gasteiger partial charge on any atom is 0.341 e. The number of benzene rings is 2. The predicted octanol–water partition coefficient (Wildman–Crippen LogP) is 9.69. The first-order valence-corrected chi connectivity index (χ1v) is 19.9. The Balaban J connectivity index is 1.46. The van der Waals surface area contributed by atoms with E-state index in [0.29, 0.717) is 28.9 Å². The zero-order valence-electron chi connectivity index (χ0n) is 28.2. The predicted molar refractivity (Wildman–Crippen MR) is 190 cm³/mol. The molecule has 1 aliphatic carbocycles. The highest BCUT2D eigenvalue weighted by molar-refractivity contribution is 7.17. The molecule has 2 N–H and O–H groups in total. The van der Waals surface area contributed by atoms with E-state index in [0.717, 1.165) is 36.1 Å². The number of hydrogen-bond acceptors (Lipinski definition) is 5. The molecule has 0 fully saturated rings. The van der Waals surface area contributed by atoms with Crippen molar-refractivity contribution in [1.82, 2.24) is 5.32 Å². The number of ether oxygens (including phenoxy) is 1. The highest BCUT2D eigenvalue weighted by Gasteiger charge is 2.39. The van der Waals surface area contributed by atoms with Crippen molar-refractivity contribution < 1.29 is 18.8 Å². The highest BCUT2D eigenvalue weighted by atomic mass is 32.1. The summed E-state index contributed by atoms with van der Waals surface area (Å²) in [5, 5.41) is 6.62. The summed E-state index contributed by atoms with van der Waals surface area (Å²) >= 11 is 1.52. The molecule has 0 aliphatic heterocycles. The molecule has 0 saturated carbocycles. The largest absolute Gasteiger partial charge is 0.544 e. The van der Waals surface area contributed by atoms with Gasteiger partial charge in [0.05, 0.1) is 12.2 Å². The van der Waals surface area contributed by atoms with Gasteiger partial charge < -0.3 is 14.5 Å². The quantitative estimate of drug-likeness (QED) is 0.161. The van der Waals surface area contributed by atoms with Crippen molar-refractivity contribution in [1.29, 1.82) is 0 Å². The van der Waals surface area contributed by atoms with E-state index in [4.69, 9.17) is 9.16 Å². The molecule has 8 heteroatoms. The molecule has 2 unspecified atom stereocenters. The molecule has 1 aromatic heterocycles. The van der Waals surface area contributed by atoms with Crippen LogP contribution in [0.3, 0.4) is 0 Å². The van der Waals surface area contributed by atoms with Gasteiger partial charge in [0.25, 0.3) is 0 Å². The second-order valence-corrected chi connectivity index (χ2v) is 19.7. The number of fused-ring (bicyclic) bond motifs is 1. The fourth-order valence-corrected chi connectivity index (χ4v) is 7.95. The molecule has 0 radical (unpaired) electrons. The van der Waals surface area contributed by atoms with Crippen LogP contribution in [0, 0.1) is 11.8 Å². The van der Waals surface area contributed by atoms with E-state index in [1.54, 1.807) is 0 Å². The lowest BCUT2D eigenvalue weighted by Crippen LogP contribution is -2.43. The van der Waals surface area contributed by atoms with Crippen LogP contribution >= 0.6 is 11.3 Å². The third-order valence-electron chi connectivity index (χ3n) is 9.19. The molecule has 6 nitrogen and oxygen atoms in total. The van der Waals surface area contributed by atoms with Crippen LogP contribution in [0.5, 0.6) is 5.75 Å². The lowest BCUT2D eigenvalue weighted by molar-refractivity contribution is 0.0525. The topological polar surface area (TPSA) is 76.7 Å². The lowest BCUT2D eigenvalue weighted by Gasteiger charge is -2.36. The van der Waals surface area contributed by atoms with Gasteiger partial charge in [-0.2, -0.15) is 0 Å². The minimum absolute atomic E-state index is 0.137. The lowest BCUT2D eigenvalue weighted by atomic mass is 9.73. The Labute approximate surface area is 274 Å². The third kappa shape index (κ3) is 8.88. The fraction of sp³-hybridized carbons (Fsp3) is 0.459. The van der Waals surface area contributed by atoms with Crippen molar-refractivity contribution in [3.63, 3.8) is 0 Å². The number of hydrogen-bond donors (Lipinski definition) is 2. The van der Waals surface area contributed by atoms with Crippen molar-refractivity contribution in [3.8, 4) is 5.75 Å². The van der Waals surface area contributed by atoms with Crippen molar-refractivity contribution in [2.45, 2.75) is 84.9 Å². The van der Waals surface area contributed by atoms with Crippen LogP contribution in [0.2, 0.25) is 18.1 Å². The maximum atomic E-state index is 13.4. The van der Waals surface area contributed by atoms with Crippen molar-refractivity contribution >= 4 is 42.7 Å². The van der Waals surface area contributed by atoms with E-state index in [1.807, 2.05) is 49.4 Å². The zero-order chi connectivity index (χ0) is 32.8. The number of amides is 2. The van der Waals surface area contributed by atoms with Crippen LogP contribution < -0.4 is 15.1 Å². The number of carbonyl (C=O) groups is 2. The van der Waals surface area contributed by atoms with Crippen LogP contribution in [0.1, 0.15) is 85.8 Å². The second kappa shape index (κ2) is 14.8. The molecule has 2 atom stereocenters. The van der Waals surface area contributed by atoms with Crippen LogP contribution in [0.25, 0.3) is 6.08 Å². The summed E-state index contributed by atoms with van der Waals surface area (Å²) in [6.45, 7) is 18.2. The van der Waals surface area contributed by atoms with Gasteiger partial charge in [-0.1, -0.05) is 89.2 Å². The van der Waals surface area contributed by atoms with Crippen LogP contribution in [-0.2, 0) is 17.6 Å². The molecule has 2 aromatic carbocycles. The summed E-state index contributed by atoms with van der Waals surface area (Å²) in [5.74, 6) is 1.74. The van der Waals surface area contributed by atoms with Gasteiger partial charge in [0.1, 0.15) is 10.8 Å². The van der Waals surface area contributed by atoms with Gasteiger partial charge >= 0.3 is 12.0 Å². The number of esters is 1. The highest BCUT2D eigenvalue weighted by Crippen LogP contribution is 2.48. The zero-order valence-corrected chi connectivity index (χ0v) is 30.0. The number of thiophene rings is 1. The number of nitrogens with one attached hydrogen (secondary N) is 2. The molecule has 2 amide bonds. The Hall–Kier alpha value is -3.36. The minimum atomic E-state index is -1.89. The second-order valence-electron chi connectivity index (χ2n) is 13.9. The van der Waals surface area contributed by atoms with Gasteiger partial charge in [0, 0.05) is 11.4 Å². The first-order chi connectivity index (χ1) is 21.3. The summed E-state index contributed by atoms with van der Waals surface area (Å²) in [7, 11) is -1.89. The minimum Gasteiger partial charge on any atom is -0.544 e. The Bertz CT molecular complexity index is 1470. The molecule has 242 valence electrons. The number of urea groups is 1. The summed E-state index contributed by atoms with van der Waals surface area (Å²) in [6.07, 6.45) is 6.65. The molecule has 3 aromatic rings. The van der Waals surface area contributed by atoms with E-state index in [2.05, 4.69) is 82.6 Å². The molecule has 1 heterocycles. The normalized spacial score (nSPS) is 16.8. The molecule has 0 saturated heterocycles. The van der Waals surface area contributed by atoms with E-state index in [-0.39, 0.29) is 29.6 Å². The van der Waals surface area contributed by atoms with E-state index in [1.165, 1.54) is 21.8 Å². The Morgan fingerprint density at radius 2 is 1.76 bits per heavy atom. The summed E-state index contributed by atoms with van der Waals surface area (Å²) in [5.41, 5.74) is 3.84. The molecule has 0 spiro atoms. The molecular weight excluding hydrogens is 597 g/mol. The van der Waals surface area contributed by atoms with Crippen LogP contribution in [-0.4, -0.2) is 33.5 Å². The van der Waals surface area contributed by atoms with Crippen LogP contribution in [0.4, 0.5) is 9.80 Å². The first-order valence-electron chi connectivity index (χ1n) is 16.2. The van der Waals surface area contributed by atoms with Gasteiger partial charge in [-0.25, -0.2) is 9.59 Å². The molecule has 45 heavy (non-hydrogen) atoms. The molecule has 0 bridgehead atoms. The Morgan fingerprint density at radius 1 is 1.07 bits per heavy atom. The first kappa shape index (κ1) is 34.5. The fourth-order valence-electron chi connectivity index (χ4n) is 5.55. The van der Waals surface area contributed by atoms with Crippen molar-refractivity contribution in [2.24, 2.45) is 11.8 Å². The Morgan fingerprint density at radius 3 is 2.38 bits per heavy atom. The van der Waals surface area contributed by atoms with Crippen molar-refractivity contribution in [2.75, 3.05) is 18.5 Å². The standard InChI is InChI=1S/C37H50N2O4SSi/c1-9-42-35(40)33-32-29(22-27-14-11-10-12-15-27)23-28(25(2)3)24-31(32)44-34(33)39-36(41)38-21-13-16-26-17-19-30(20-18-26)43-45(7,8)37(4,5)6/h10-20,25,28-29H,9,21-24H2,1-8H3,(H2,38,39,41)/b16-13+. The third-order valence-corrected chi connectivity index (χ3v) is 14.7. The molecular formula is C37H50N2O4SSi. The van der Waals surface area contributed by atoms with Crippen molar-refractivity contribution in [3.05, 3.63) is 87.8 Å². The number of anilines is 1. The summed E-state index contributed by atoms with van der Waals surface area (Å²) < 4.78 is 11.9. The summed E-state index contributed by atoms with van der Waals surface area (Å²) in [6, 6.07) is 18.2. The van der Waals surface area contributed by atoms with Gasteiger partial charge in [0.2, 0.25) is 8.32 Å². The molecule has 1 aliphatic rings. The maximum absolute atomic E-state index is 13.4. The summed E-state index contributed by atoms with van der Waals surface area (Å²) in [4.78, 5) is 27.6. The van der Waals surface area contributed by atoms with Gasteiger partial charge in [-0.05, 0) is 90.9 Å². The number of carbonyl (C=O) groups excluding carboxylic acids is 2. The van der Waals surface area contributed by atoms with Crippen LogP contribution in [0.15, 0.2) is 60.7 Å². The SMILES string of the molecule is CCOC(=O)c1c(NC(=O)NC/C=C/c2ccc(O[Si](C)(C)C(C)(C)C)cc2)sc2c1C(Cc1ccccc1)CC(C(C)C)C2. The van der Waals surface area contributed by atoms with Gasteiger partial charge in [0.15, 0.2) is 0 Å². The van der Waals surface area contributed by atoms with Gasteiger partial charge in [-0.15, -0.1) is 11.3 Å². The average Bonchev–Trinajstić information content (AvgIpc) is 3.34. The smallest absolute Gasteiger partial charge is 0.341 e. The van der Waals surface area contributed by atoms with E-state index < -0.39 is 8.32 Å². The monoisotopic (exact) mass is 646 g/mol. The molecule has 4 rings (SSSR count). The van der Waals surface area contributed by atoms with E-state index in [9.17, 15) is 9.59 Å². The van der Waals surface area contributed by atoms with Gasteiger partial charge in [-0.3, -0.25) is 5.32 Å². The number of rotatable bonds is 11. The Kier molecular flexibility index (Phi) is 11.4.